The molecule has 0 spiro atoms. The van der Waals surface area contributed by atoms with Gasteiger partial charge < -0.3 is 10.2 Å². The molecular weight excluding hydrogens is 285 g/mol. The number of nitrogens with one attached hydrogen (secondary N) is 1. The fourth-order valence-corrected chi connectivity index (χ4v) is 4.11. The average molecular weight is 304 g/mol. The van der Waals surface area contributed by atoms with E-state index in [4.69, 9.17) is 0 Å². The van der Waals surface area contributed by atoms with E-state index in [1.807, 2.05) is 0 Å². The summed E-state index contributed by atoms with van der Waals surface area (Å²) in [4.78, 5) is 24.6. The number of nitrogens with zero attached hydrogens (tertiary/aromatic N) is 1. The molecule has 2 aliphatic carbocycles. The number of hydrogen-bond acceptors (Lipinski definition) is 2. The number of amides is 2. The molecule has 0 aromatic rings. The molecule has 21 heavy (non-hydrogen) atoms. The Hall–Kier alpha value is -1.27. The van der Waals surface area contributed by atoms with Crippen molar-refractivity contribution < 1.29 is 22.8 Å². The number of likely N-dealkylation sites (tertiary alicyclic amines) is 1. The number of alkyl halides is 3. The molecule has 0 unspecified atom stereocenters. The van der Waals surface area contributed by atoms with Gasteiger partial charge in [-0.2, -0.15) is 13.2 Å². The zero-order valence-electron chi connectivity index (χ0n) is 11.7. The van der Waals surface area contributed by atoms with Crippen molar-refractivity contribution in [3.63, 3.8) is 0 Å². The van der Waals surface area contributed by atoms with Gasteiger partial charge in [0.15, 0.2) is 0 Å². The minimum Gasteiger partial charge on any atom is -0.351 e. The van der Waals surface area contributed by atoms with Crippen molar-refractivity contribution in [2.75, 3.05) is 13.1 Å². The van der Waals surface area contributed by atoms with Crippen molar-refractivity contribution in [3.8, 4) is 0 Å². The van der Waals surface area contributed by atoms with Crippen LogP contribution in [0.2, 0.25) is 0 Å². The van der Waals surface area contributed by atoms with E-state index in [1.165, 1.54) is 6.42 Å². The van der Waals surface area contributed by atoms with Gasteiger partial charge in [-0.3, -0.25) is 9.59 Å². The maximum atomic E-state index is 12.3. The molecule has 3 fully saturated rings. The maximum absolute atomic E-state index is 12.3. The third-order valence-electron chi connectivity index (χ3n) is 5.01. The normalized spacial score (nSPS) is 35.6. The summed E-state index contributed by atoms with van der Waals surface area (Å²) in [6.45, 7) is -1.27. The van der Waals surface area contributed by atoms with Crippen LogP contribution >= 0.6 is 0 Å². The minimum absolute atomic E-state index is 0.00415. The lowest BCUT2D eigenvalue weighted by Gasteiger charge is -2.23. The number of carbonyl (C=O) groups excluding carboxylic acids is 2. The van der Waals surface area contributed by atoms with E-state index in [1.54, 1.807) is 0 Å². The monoisotopic (exact) mass is 304 g/mol. The van der Waals surface area contributed by atoms with Crippen molar-refractivity contribution >= 4 is 11.8 Å². The highest BCUT2D eigenvalue weighted by atomic mass is 19.4. The smallest absolute Gasteiger partial charge is 0.351 e. The molecule has 0 radical (unpaired) electrons. The van der Waals surface area contributed by atoms with E-state index in [2.05, 4.69) is 5.32 Å². The summed E-state index contributed by atoms with van der Waals surface area (Å²) in [7, 11) is 0. The largest absolute Gasteiger partial charge is 0.406 e. The quantitative estimate of drug-likeness (QED) is 0.863. The molecule has 3 rings (SSSR count). The molecule has 0 aromatic carbocycles. The van der Waals surface area contributed by atoms with Crippen LogP contribution in [0.3, 0.4) is 0 Å². The molecule has 0 aromatic heterocycles. The molecule has 2 amide bonds. The second-order valence-electron chi connectivity index (χ2n) is 6.58. The third kappa shape index (κ3) is 3.16. The lowest BCUT2D eigenvalue weighted by Crippen LogP contribution is -2.43. The van der Waals surface area contributed by atoms with Crippen molar-refractivity contribution in [1.29, 1.82) is 0 Å². The van der Waals surface area contributed by atoms with Gasteiger partial charge in [-0.15, -0.1) is 0 Å². The van der Waals surface area contributed by atoms with Gasteiger partial charge in [0, 0.05) is 18.9 Å². The van der Waals surface area contributed by atoms with Gasteiger partial charge in [-0.25, -0.2) is 0 Å². The van der Waals surface area contributed by atoms with Crippen LogP contribution in [0.5, 0.6) is 0 Å². The van der Waals surface area contributed by atoms with Crippen LogP contribution in [0.25, 0.3) is 0 Å². The van der Waals surface area contributed by atoms with Crippen LogP contribution < -0.4 is 5.32 Å². The fraction of sp³-hybridized carbons (Fsp3) is 0.857. The summed E-state index contributed by atoms with van der Waals surface area (Å²) < 4.78 is 37.0. The molecule has 118 valence electrons. The van der Waals surface area contributed by atoms with E-state index in [0.29, 0.717) is 11.8 Å². The lowest BCUT2D eigenvalue weighted by molar-refractivity contribution is -0.157. The average Bonchev–Trinajstić information content (AvgIpc) is 3.04. The number of rotatable bonds is 3. The first-order chi connectivity index (χ1) is 9.82. The molecule has 2 bridgehead atoms. The van der Waals surface area contributed by atoms with Crippen molar-refractivity contribution in [1.82, 2.24) is 10.2 Å². The van der Waals surface area contributed by atoms with E-state index < -0.39 is 24.7 Å². The molecule has 3 aliphatic rings. The van der Waals surface area contributed by atoms with E-state index in [9.17, 15) is 22.8 Å². The molecule has 1 N–H and O–H groups in total. The van der Waals surface area contributed by atoms with E-state index in [-0.39, 0.29) is 24.8 Å². The Morgan fingerprint density at radius 2 is 2.05 bits per heavy atom. The van der Waals surface area contributed by atoms with Crippen molar-refractivity contribution in [2.24, 2.45) is 17.8 Å². The van der Waals surface area contributed by atoms with Gasteiger partial charge in [0.1, 0.15) is 6.54 Å². The summed E-state index contributed by atoms with van der Waals surface area (Å²) in [6, 6.07) is -0.480. The van der Waals surface area contributed by atoms with Crippen LogP contribution in [-0.4, -0.2) is 42.0 Å². The Bertz CT molecular complexity index is 452. The SMILES string of the molecule is O=C(N[C@@H]1CC(=O)N(CC(F)(F)F)C1)[C@H]1C[C@H]2CC[C@H]1C2. The number of hydrogen-bond donors (Lipinski definition) is 1. The predicted molar refractivity (Wildman–Crippen MR) is 68.1 cm³/mol. The van der Waals surface area contributed by atoms with Gasteiger partial charge >= 0.3 is 6.18 Å². The van der Waals surface area contributed by atoms with E-state index in [0.717, 1.165) is 24.2 Å². The Balaban J connectivity index is 1.52. The molecule has 1 aliphatic heterocycles. The summed E-state index contributed by atoms with van der Waals surface area (Å²) in [5.74, 6) is 0.450. The fourth-order valence-electron chi connectivity index (χ4n) is 4.11. The molecule has 2 saturated carbocycles. The summed E-state index contributed by atoms with van der Waals surface area (Å²) in [5.41, 5.74) is 0. The summed E-state index contributed by atoms with van der Waals surface area (Å²) >= 11 is 0. The first-order valence-corrected chi connectivity index (χ1v) is 7.47. The highest BCUT2D eigenvalue weighted by Crippen LogP contribution is 2.48. The molecule has 7 heteroatoms. The second kappa shape index (κ2) is 5.18. The second-order valence-corrected chi connectivity index (χ2v) is 6.58. The van der Waals surface area contributed by atoms with Gasteiger partial charge in [-0.1, -0.05) is 6.42 Å². The molecule has 1 saturated heterocycles. The maximum Gasteiger partial charge on any atom is 0.406 e. The van der Waals surface area contributed by atoms with Crippen LogP contribution in [0.15, 0.2) is 0 Å². The zero-order chi connectivity index (χ0) is 15.2. The van der Waals surface area contributed by atoms with Crippen LogP contribution in [0, 0.1) is 17.8 Å². The summed E-state index contributed by atoms with van der Waals surface area (Å²) in [6.07, 6.45) is -0.157. The number of fused-ring (bicyclic) bond motifs is 2. The Morgan fingerprint density at radius 1 is 1.29 bits per heavy atom. The molecule has 4 nitrogen and oxygen atoms in total. The van der Waals surface area contributed by atoms with Crippen LogP contribution in [-0.2, 0) is 9.59 Å². The first-order valence-electron chi connectivity index (χ1n) is 7.47. The van der Waals surface area contributed by atoms with Gasteiger partial charge in [0.25, 0.3) is 0 Å². The molecule has 1 heterocycles. The summed E-state index contributed by atoms with van der Waals surface area (Å²) in [5, 5.41) is 2.78. The minimum atomic E-state index is -4.39. The van der Waals surface area contributed by atoms with Gasteiger partial charge in [0.2, 0.25) is 11.8 Å². The highest BCUT2D eigenvalue weighted by molar-refractivity contribution is 5.83. The standard InChI is InChI=1S/C14H19F3N2O2/c15-14(16,17)7-19-6-10(5-12(19)20)18-13(21)11-4-8-1-2-9(11)3-8/h8-11H,1-7H2,(H,18,21)/t8-,9-,10+,11-/m0/s1. The van der Waals surface area contributed by atoms with Gasteiger partial charge in [-0.05, 0) is 31.1 Å². The topological polar surface area (TPSA) is 49.4 Å². The molecule has 4 atom stereocenters. The first kappa shape index (κ1) is 14.7. The van der Waals surface area contributed by atoms with Crippen molar-refractivity contribution in [3.05, 3.63) is 0 Å². The van der Waals surface area contributed by atoms with E-state index >= 15 is 0 Å². The van der Waals surface area contributed by atoms with Gasteiger partial charge in [0.05, 0.1) is 6.04 Å². The Kier molecular flexibility index (Phi) is 3.61. The number of carbonyl (C=O) groups is 2. The molecular formula is C14H19F3N2O2. The predicted octanol–water partition coefficient (Wildman–Crippen LogP) is 1.70. The van der Waals surface area contributed by atoms with Crippen molar-refractivity contribution in [2.45, 2.75) is 44.3 Å². The Morgan fingerprint density at radius 3 is 2.62 bits per heavy atom. The highest BCUT2D eigenvalue weighted by Gasteiger charge is 2.44. The van der Waals surface area contributed by atoms with Crippen LogP contribution in [0.1, 0.15) is 32.1 Å². The lowest BCUT2D eigenvalue weighted by atomic mass is 9.88. The third-order valence-corrected chi connectivity index (χ3v) is 5.01. The zero-order valence-corrected chi connectivity index (χ0v) is 11.7. The van der Waals surface area contributed by atoms with Crippen LogP contribution in [0.4, 0.5) is 13.2 Å². The Labute approximate surface area is 121 Å². The number of halogens is 3.